The molecule has 3 aliphatic carbocycles. The highest BCUT2D eigenvalue weighted by atomic mass is 16.5. The van der Waals surface area contributed by atoms with Gasteiger partial charge in [-0.1, -0.05) is 0 Å². The fourth-order valence-corrected chi connectivity index (χ4v) is 3.90. The van der Waals surface area contributed by atoms with E-state index in [1.165, 1.54) is 0 Å². The third-order valence-electron chi connectivity index (χ3n) is 5.46. The van der Waals surface area contributed by atoms with Crippen molar-refractivity contribution in [2.75, 3.05) is 13.2 Å². The van der Waals surface area contributed by atoms with Gasteiger partial charge in [-0.3, -0.25) is 14.2 Å². The van der Waals surface area contributed by atoms with E-state index < -0.39 is 0 Å². The number of hydrogen-bond acceptors (Lipinski definition) is 4. The molecule has 120 valence electrons. The van der Waals surface area contributed by atoms with E-state index in [4.69, 9.17) is 4.74 Å². The predicted molar refractivity (Wildman–Crippen MR) is 82.6 cm³/mol. The fourth-order valence-electron chi connectivity index (χ4n) is 3.90. The Labute approximate surface area is 131 Å². The van der Waals surface area contributed by atoms with Crippen molar-refractivity contribution in [3.05, 3.63) is 24.5 Å². The molecular weight excluding hydrogens is 280 g/mol. The first-order valence-electron chi connectivity index (χ1n) is 8.18. The van der Waals surface area contributed by atoms with Gasteiger partial charge in [-0.25, -0.2) is 0 Å². The van der Waals surface area contributed by atoms with Crippen LogP contribution in [0.1, 0.15) is 50.2 Å². The predicted octanol–water partition coefficient (Wildman–Crippen LogP) is 2.37. The normalized spacial score (nSPS) is 30.2. The molecule has 4 rings (SSSR count). The van der Waals surface area contributed by atoms with Crippen molar-refractivity contribution in [1.29, 1.82) is 0 Å². The van der Waals surface area contributed by atoms with Crippen molar-refractivity contribution in [3.8, 4) is 0 Å². The van der Waals surface area contributed by atoms with Gasteiger partial charge in [0, 0.05) is 17.9 Å². The van der Waals surface area contributed by atoms with Gasteiger partial charge in [0.25, 0.3) is 0 Å². The molecule has 5 heteroatoms. The number of fused-ring (bicyclic) bond motifs is 3. The van der Waals surface area contributed by atoms with Gasteiger partial charge < -0.3 is 10.1 Å². The molecule has 0 radical (unpaired) electrons. The topological polar surface area (TPSA) is 60.3 Å². The number of nitrogens with one attached hydrogen (secondary N) is 1. The first-order chi connectivity index (χ1) is 10.6. The van der Waals surface area contributed by atoms with Crippen molar-refractivity contribution in [2.45, 2.75) is 51.0 Å². The molecular formula is C17H24N2O3. The summed E-state index contributed by atoms with van der Waals surface area (Å²) in [6.45, 7) is 2.66. The summed E-state index contributed by atoms with van der Waals surface area (Å²) in [5.41, 5.74) is -0.235. The highest BCUT2D eigenvalue weighted by molar-refractivity contribution is 5.81. The molecule has 2 bridgehead atoms. The summed E-state index contributed by atoms with van der Waals surface area (Å²) in [5.74, 6) is 0.0406. The molecule has 0 aromatic carbocycles. The van der Waals surface area contributed by atoms with Crippen LogP contribution in [0.5, 0.6) is 0 Å². The van der Waals surface area contributed by atoms with Gasteiger partial charge in [-0.2, -0.15) is 0 Å². The zero-order valence-corrected chi connectivity index (χ0v) is 13.1. The van der Waals surface area contributed by atoms with E-state index in [2.05, 4.69) is 5.32 Å². The second-order valence-corrected chi connectivity index (χ2v) is 6.62. The van der Waals surface area contributed by atoms with Crippen LogP contribution < -0.4 is 5.32 Å². The van der Waals surface area contributed by atoms with Crippen molar-refractivity contribution < 1.29 is 14.3 Å². The summed E-state index contributed by atoms with van der Waals surface area (Å²) in [5, 5.41) is 3.48. The minimum atomic E-state index is -0.260. The lowest BCUT2D eigenvalue weighted by molar-refractivity contribution is -0.163. The van der Waals surface area contributed by atoms with Gasteiger partial charge in [0.15, 0.2) is 0 Å². The lowest BCUT2D eigenvalue weighted by Crippen LogP contribution is -2.58. The van der Waals surface area contributed by atoms with E-state index in [1.807, 2.05) is 19.1 Å². The van der Waals surface area contributed by atoms with Gasteiger partial charge in [0.2, 0.25) is 5.91 Å². The van der Waals surface area contributed by atoms with Crippen LogP contribution in [0.2, 0.25) is 0 Å². The number of hydrogen-bond donors (Lipinski definition) is 1. The quantitative estimate of drug-likeness (QED) is 0.849. The Morgan fingerprint density at radius 1 is 1.09 bits per heavy atom. The molecule has 0 unspecified atom stereocenters. The third kappa shape index (κ3) is 2.70. The SMILES string of the molecule is CCOC(=O)C12CCC(NCC(=O)n3cccc3)(CC1)CC2. The number of ether oxygens (including phenoxy) is 1. The maximum absolute atomic E-state index is 12.2. The van der Waals surface area contributed by atoms with E-state index in [-0.39, 0.29) is 22.8 Å². The number of carbonyl (C=O) groups is 2. The molecule has 5 nitrogen and oxygen atoms in total. The summed E-state index contributed by atoms with van der Waals surface area (Å²) in [4.78, 5) is 24.3. The average Bonchev–Trinajstić information content (AvgIpc) is 3.09. The number of carbonyl (C=O) groups excluding carboxylic acids is 2. The Balaban J connectivity index is 1.57. The summed E-state index contributed by atoms with van der Waals surface area (Å²) < 4.78 is 6.87. The van der Waals surface area contributed by atoms with Crippen molar-refractivity contribution in [1.82, 2.24) is 9.88 Å². The standard InChI is InChI=1S/C17H24N2O3/c1-2-22-15(21)16-5-8-17(9-6-16,10-7-16)18-13-14(20)19-11-3-4-12-19/h3-4,11-12,18H,2,5-10,13H2,1H3. The molecule has 3 saturated carbocycles. The number of rotatable bonds is 5. The summed E-state index contributed by atoms with van der Waals surface area (Å²) in [6.07, 6.45) is 9.01. The van der Waals surface area contributed by atoms with Crippen molar-refractivity contribution in [3.63, 3.8) is 0 Å². The van der Waals surface area contributed by atoms with E-state index in [0.717, 1.165) is 38.5 Å². The first-order valence-corrected chi connectivity index (χ1v) is 8.18. The minimum Gasteiger partial charge on any atom is -0.466 e. The van der Waals surface area contributed by atoms with Crippen LogP contribution in [0, 0.1) is 5.41 Å². The Morgan fingerprint density at radius 3 is 2.23 bits per heavy atom. The van der Waals surface area contributed by atoms with Gasteiger partial charge in [0.1, 0.15) is 0 Å². The average molecular weight is 304 g/mol. The van der Waals surface area contributed by atoms with Crippen LogP contribution in [0.15, 0.2) is 24.5 Å². The molecule has 1 heterocycles. The summed E-state index contributed by atoms with van der Waals surface area (Å²) in [7, 11) is 0. The van der Waals surface area contributed by atoms with E-state index in [9.17, 15) is 9.59 Å². The molecule has 0 aliphatic heterocycles. The van der Waals surface area contributed by atoms with E-state index in [1.54, 1.807) is 17.0 Å². The molecule has 1 aromatic rings. The van der Waals surface area contributed by atoms with E-state index >= 15 is 0 Å². The molecule has 0 saturated heterocycles. The minimum absolute atomic E-state index is 0.0216. The largest absolute Gasteiger partial charge is 0.466 e. The number of esters is 1. The zero-order valence-electron chi connectivity index (χ0n) is 13.1. The molecule has 1 aromatic heterocycles. The van der Waals surface area contributed by atoms with Crippen molar-refractivity contribution in [2.24, 2.45) is 5.41 Å². The van der Waals surface area contributed by atoms with Gasteiger partial charge in [-0.15, -0.1) is 0 Å². The van der Waals surface area contributed by atoms with Crippen LogP contribution in [0.3, 0.4) is 0 Å². The Morgan fingerprint density at radius 2 is 1.68 bits per heavy atom. The van der Waals surface area contributed by atoms with Crippen LogP contribution in [-0.2, 0) is 9.53 Å². The van der Waals surface area contributed by atoms with Crippen molar-refractivity contribution >= 4 is 11.9 Å². The first kappa shape index (κ1) is 15.3. The molecule has 0 spiro atoms. The second kappa shape index (κ2) is 5.88. The van der Waals surface area contributed by atoms with Gasteiger partial charge >= 0.3 is 5.97 Å². The summed E-state index contributed by atoms with van der Waals surface area (Å²) in [6, 6.07) is 3.70. The Bertz CT molecular complexity index is 526. The zero-order chi connectivity index (χ0) is 15.6. The lowest BCUT2D eigenvalue weighted by atomic mass is 9.57. The molecule has 22 heavy (non-hydrogen) atoms. The van der Waals surface area contributed by atoms with Crippen LogP contribution in [0.25, 0.3) is 0 Å². The Hall–Kier alpha value is -1.62. The van der Waals surface area contributed by atoms with Crippen LogP contribution in [0.4, 0.5) is 0 Å². The maximum Gasteiger partial charge on any atom is 0.312 e. The maximum atomic E-state index is 12.2. The highest BCUT2D eigenvalue weighted by Crippen LogP contribution is 2.52. The third-order valence-corrected chi connectivity index (χ3v) is 5.46. The van der Waals surface area contributed by atoms with Gasteiger partial charge in [-0.05, 0) is 57.6 Å². The monoisotopic (exact) mass is 304 g/mol. The summed E-state index contributed by atoms with van der Waals surface area (Å²) >= 11 is 0. The molecule has 1 N–H and O–H groups in total. The lowest BCUT2D eigenvalue weighted by Gasteiger charge is -2.52. The molecule has 3 fully saturated rings. The second-order valence-electron chi connectivity index (χ2n) is 6.62. The van der Waals surface area contributed by atoms with Gasteiger partial charge in [0.05, 0.1) is 18.6 Å². The molecule has 0 amide bonds. The number of nitrogens with zero attached hydrogens (tertiary/aromatic N) is 1. The van der Waals surface area contributed by atoms with Crippen LogP contribution >= 0.6 is 0 Å². The fraction of sp³-hybridized carbons (Fsp3) is 0.647. The highest BCUT2D eigenvalue weighted by Gasteiger charge is 2.53. The van der Waals surface area contributed by atoms with E-state index in [0.29, 0.717) is 13.2 Å². The number of aromatic nitrogens is 1. The Kier molecular flexibility index (Phi) is 4.08. The smallest absolute Gasteiger partial charge is 0.312 e. The molecule has 0 atom stereocenters. The van der Waals surface area contributed by atoms with Crippen LogP contribution in [-0.4, -0.2) is 35.1 Å². The molecule has 3 aliphatic rings.